The Morgan fingerprint density at radius 3 is 2.45 bits per heavy atom. The van der Waals surface area contributed by atoms with Gasteiger partial charge in [0.1, 0.15) is 16.6 Å². The number of aromatic nitrogens is 1. The molecule has 1 aromatic heterocycles. The molecule has 1 fully saturated rings. The SMILES string of the molecule is COc1cc(N2C(=O)CSC2c2ccc3cccc(O)c3n2)cc(OC)c1OC. The molecule has 1 atom stereocenters. The van der Waals surface area contributed by atoms with Gasteiger partial charge in [0.2, 0.25) is 11.7 Å². The monoisotopic (exact) mass is 412 g/mol. The molecule has 1 unspecified atom stereocenters. The molecule has 150 valence electrons. The van der Waals surface area contributed by atoms with Crippen molar-refractivity contribution in [1.29, 1.82) is 0 Å². The first-order chi connectivity index (χ1) is 14.1. The van der Waals surface area contributed by atoms with Crippen molar-refractivity contribution in [3.05, 3.63) is 48.2 Å². The van der Waals surface area contributed by atoms with Gasteiger partial charge in [-0.2, -0.15) is 0 Å². The summed E-state index contributed by atoms with van der Waals surface area (Å²) in [6, 6.07) is 12.5. The number of aromatic hydroxyl groups is 1. The van der Waals surface area contributed by atoms with Crippen molar-refractivity contribution in [2.24, 2.45) is 0 Å². The number of nitrogens with zero attached hydrogens (tertiary/aromatic N) is 2. The molecule has 2 heterocycles. The van der Waals surface area contributed by atoms with Crippen LogP contribution in [-0.2, 0) is 4.79 Å². The number of ether oxygens (including phenoxy) is 3. The van der Waals surface area contributed by atoms with E-state index in [1.807, 2.05) is 18.2 Å². The van der Waals surface area contributed by atoms with Crippen molar-refractivity contribution < 1.29 is 24.1 Å². The van der Waals surface area contributed by atoms with Gasteiger partial charge in [-0.25, -0.2) is 4.98 Å². The number of carbonyl (C=O) groups excluding carboxylic acids is 1. The number of carbonyl (C=O) groups is 1. The van der Waals surface area contributed by atoms with Crippen molar-refractivity contribution in [3.8, 4) is 23.0 Å². The third-order valence-electron chi connectivity index (χ3n) is 4.77. The van der Waals surface area contributed by atoms with E-state index in [0.29, 0.717) is 39.9 Å². The van der Waals surface area contributed by atoms with Crippen LogP contribution >= 0.6 is 11.8 Å². The summed E-state index contributed by atoms with van der Waals surface area (Å²) in [6.07, 6.45) is 0. The molecule has 1 aliphatic heterocycles. The highest BCUT2D eigenvalue weighted by Gasteiger charge is 2.36. The second-order valence-corrected chi connectivity index (χ2v) is 7.46. The molecule has 3 aromatic rings. The number of methoxy groups -OCH3 is 3. The van der Waals surface area contributed by atoms with Crippen LogP contribution in [-0.4, -0.2) is 43.1 Å². The summed E-state index contributed by atoms with van der Waals surface area (Å²) in [7, 11) is 4.60. The predicted octanol–water partition coefficient (Wildman–Crippen LogP) is 3.74. The number of hydrogen-bond donors (Lipinski definition) is 1. The maximum Gasteiger partial charge on any atom is 0.238 e. The number of hydrogen-bond acceptors (Lipinski definition) is 7. The average molecular weight is 412 g/mol. The molecule has 2 aromatic carbocycles. The summed E-state index contributed by atoms with van der Waals surface area (Å²) < 4.78 is 16.2. The van der Waals surface area contributed by atoms with Crippen LogP contribution in [0.1, 0.15) is 11.1 Å². The Bertz CT molecular complexity index is 1060. The fraction of sp³-hybridized carbons (Fsp3) is 0.238. The van der Waals surface area contributed by atoms with Crippen LogP contribution < -0.4 is 19.1 Å². The van der Waals surface area contributed by atoms with Crippen LogP contribution in [0.3, 0.4) is 0 Å². The zero-order valence-corrected chi connectivity index (χ0v) is 17.0. The van der Waals surface area contributed by atoms with E-state index >= 15 is 0 Å². The summed E-state index contributed by atoms with van der Waals surface area (Å²) >= 11 is 1.48. The summed E-state index contributed by atoms with van der Waals surface area (Å²) in [5.74, 6) is 1.78. The van der Waals surface area contributed by atoms with E-state index in [4.69, 9.17) is 14.2 Å². The van der Waals surface area contributed by atoms with Crippen molar-refractivity contribution in [2.75, 3.05) is 32.0 Å². The topological polar surface area (TPSA) is 81.1 Å². The third-order valence-corrected chi connectivity index (χ3v) is 5.95. The first-order valence-electron chi connectivity index (χ1n) is 8.89. The normalized spacial score (nSPS) is 16.3. The number of rotatable bonds is 5. The number of phenolic OH excluding ortho intramolecular Hbond substituents is 1. The number of pyridine rings is 1. The van der Waals surface area contributed by atoms with E-state index in [1.165, 1.54) is 33.1 Å². The second kappa shape index (κ2) is 7.71. The summed E-state index contributed by atoms with van der Waals surface area (Å²) in [5.41, 5.74) is 1.82. The lowest BCUT2D eigenvalue weighted by atomic mass is 10.1. The highest BCUT2D eigenvalue weighted by Crippen LogP contribution is 2.47. The van der Waals surface area contributed by atoms with E-state index in [2.05, 4.69) is 4.98 Å². The molecule has 0 aliphatic carbocycles. The number of thioether (sulfide) groups is 1. The molecule has 7 nitrogen and oxygen atoms in total. The van der Waals surface area contributed by atoms with Crippen LogP contribution in [0.2, 0.25) is 0 Å². The molecule has 1 saturated heterocycles. The van der Waals surface area contributed by atoms with E-state index in [0.717, 1.165) is 5.39 Å². The molecule has 1 aliphatic rings. The lowest BCUT2D eigenvalue weighted by Crippen LogP contribution is -2.28. The molecular formula is C21H20N2O5S. The Morgan fingerprint density at radius 1 is 1.07 bits per heavy atom. The Kier molecular flexibility index (Phi) is 5.10. The number of amides is 1. The number of phenols is 1. The van der Waals surface area contributed by atoms with Gasteiger partial charge in [-0.05, 0) is 12.1 Å². The van der Waals surface area contributed by atoms with Gasteiger partial charge in [0.25, 0.3) is 0 Å². The number of para-hydroxylation sites is 1. The zero-order valence-electron chi connectivity index (χ0n) is 16.2. The quantitative estimate of drug-likeness (QED) is 0.684. The van der Waals surface area contributed by atoms with Gasteiger partial charge in [-0.3, -0.25) is 9.69 Å². The maximum atomic E-state index is 12.8. The first-order valence-corrected chi connectivity index (χ1v) is 9.94. The Balaban J connectivity index is 1.81. The molecule has 1 amide bonds. The Labute approximate surface area is 172 Å². The standard InChI is InChI=1S/C21H20N2O5S/c1-26-16-9-13(10-17(27-2)20(16)28-3)23-18(25)11-29-21(23)14-8-7-12-5-4-6-15(24)19(12)22-14/h4-10,21,24H,11H2,1-3H3. The van der Waals surface area contributed by atoms with E-state index in [1.54, 1.807) is 29.2 Å². The molecule has 29 heavy (non-hydrogen) atoms. The summed E-state index contributed by atoms with van der Waals surface area (Å²) in [5, 5.41) is 10.7. The van der Waals surface area contributed by atoms with Gasteiger partial charge in [-0.15, -0.1) is 11.8 Å². The van der Waals surface area contributed by atoms with Gasteiger partial charge in [-0.1, -0.05) is 18.2 Å². The smallest absolute Gasteiger partial charge is 0.238 e. The minimum absolute atomic E-state index is 0.0477. The summed E-state index contributed by atoms with van der Waals surface area (Å²) in [6.45, 7) is 0. The van der Waals surface area contributed by atoms with Crippen molar-refractivity contribution in [3.63, 3.8) is 0 Å². The van der Waals surface area contributed by atoms with Crippen molar-refractivity contribution in [2.45, 2.75) is 5.37 Å². The third kappa shape index (κ3) is 3.29. The molecule has 1 N–H and O–H groups in total. The highest BCUT2D eigenvalue weighted by molar-refractivity contribution is 8.00. The largest absolute Gasteiger partial charge is 0.506 e. The molecule has 4 rings (SSSR count). The van der Waals surface area contributed by atoms with E-state index in [9.17, 15) is 9.90 Å². The van der Waals surface area contributed by atoms with Crippen LogP contribution in [0, 0.1) is 0 Å². The van der Waals surface area contributed by atoms with Gasteiger partial charge in [0.15, 0.2) is 11.5 Å². The maximum absolute atomic E-state index is 12.8. The lowest BCUT2D eigenvalue weighted by molar-refractivity contribution is -0.115. The van der Waals surface area contributed by atoms with E-state index < -0.39 is 0 Å². The molecule has 8 heteroatoms. The second-order valence-electron chi connectivity index (χ2n) is 6.40. The van der Waals surface area contributed by atoms with Gasteiger partial charge in [0.05, 0.1) is 38.5 Å². The van der Waals surface area contributed by atoms with Crippen LogP contribution in [0.15, 0.2) is 42.5 Å². The minimum atomic E-state index is -0.339. The van der Waals surface area contributed by atoms with Crippen LogP contribution in [0.25, 0.3) is 10.9 Å². The number of anilines is 1. The van der Waals surface area contributed by atoms with Crippen molar-refractivity contribution in [1.82, 2.24) is 4.98 Å². The average Bonchev–Trinajstić information content (AvgIpc) is 3.14. The Hall–Kier alpha value is -3.13. The Morgan fingerprint density at radius 2 is 1.79 bits per heavy atom. The van der Waals surface area contributed by atoms with Crippen LogP contribution in [0.5, 0.6) is 23.0 Å². The highest BCUT2D eigenvalue weighted by atomic mass is 32.2. The minimum Gasteiger partial charge on any atom is -0.506 e. The molecule has 0 spiro atoms. The molecule has 0 radical (unpaired) electrons. The van der Waals surface area contributed by atoms with Gasteiger partial charge < -0.3 is 19.3 Å². The van der Waals surface area contributed by atoms with Crippen molar-refractivity contribution >= 4 is 34.3 Å². The molecular weight excluding hydrogens is 392 g/mol. The first kappa shape index (κ1) is 19.2. The van der Waals surface area contributed by atoms with Gasteiger partial charge in [0, 0.05) is 17.5 Å². The predicted molar refractivity (Wildman–Crippen MR) is 112 cm³/mol. The van der Waals surface area contributed by atoms with E-state index in [-0.39, 0.29) is 17.0 Å². The lowest BCUT2D eigenvalue weighted by Gasteiger charge is -2.25. The van der Waals surface area contributed by atoms with Gasteiger partial charge >= 0.3 is 0 Å². The number of benzene rings is 2. The zero-order chi connectivity index (χ0) is 20.5. The molecule has 0 bridgehead atoms. The number of fused-ring (bicyclic) bond motifs is 1. The molecule has 0 saturated carbocycles. The van der Waals surface area contributed by atoms with Crippen LogP contribution in [0.4, 0.5) is 5.69 Å². The summed E-state index contributed by atoms with van der Waals surface area (Å²) in [4.78, 5) is 19.1. The fourth-order valence-corrected chi connectivity index (χ4v) is 4.54. The fourth-order valence-electron chi connectivity index (χ4n) is 3.41.